The number of pyridine rings is 1. The molecule has 0 aromatic carbocycles. The summed E-state index contributed by atoms with van der Waals surface area (Å²) in [5.41, 5.74) is 7.35. The predicted octanol–water partition coefficient (Wildman–Crippen LogP) is 0.813. The Morgan fingerprint density at radius 1 is 1.46 bits per heavy atom. The van der Waals surface area contributed by atoms with Crippen molar-refractivity contribution < 1.29 is 0 Å². The van der Waals surface area contributed by atoms with Crippen molar-refractivity contribution >= 4 is 11.4 Å². The zero-order chi connectivity index (χ0) is 9.26. The van der Waals surface area contributed by atoms with Crippen molar-refractivity contribution in [2.75, 3.05) is 0 Å². The first-order chi connectivity index (χ1) is 6.25. The number of hydrogen-bond donors (Lipinski definition) is 2. The van der Waals surface area contributed by atoms with Crippen molar-refractivity contribution in [2.45, 2.75) is 6.42 Å². The average molecular weight is 174 g/mol. The van der Waals surface area contributed by atoms with Crippen LogP contribution in [-0.2, 0) is 6.42 Å². The van der Waals surface area contributed by atoms with Gasteiger partial charge in [0.25, 0.3) is 0 Å². The molecule has 0 radical (unpaired) electrons. The highest BCUT2D eigenvalue weighted by Gasteiger charge is 1.97. The van der Waals surface area contributed by atoms with Gasteiger partial charge in [-0.3, -0.25) is 5.41 Å². The number of rotatable bonds is 2. The van der Waals surface area contributed by atoms with Gasteiger partial charge in [-0.05, 0) is 17.7 Å². The SMILES string of the molecule is N=C(N)Cc1ccc2ccnn2c1. The lowest BCUT2D eigenvalue weighted by atomic mass is 10.2. The van der Waals surface area contributed by atoms with Gasteiger partial charge in [0.2, 0.25) is 0 Å². The molecule has 2 rings (SSSR count). The van der Waals surface area contributed by atoms with Gasteiger partial charge in [0.1, 0.15) is 0 Å². The van der Waals surface area contributed by atoms with Crippen LogP contribution in [0.25, 0.3) is 5.52 Å². The zero-order valence-electron chi connectivity index (χ0n) is 7.07. The number of nitrogens with two attached hydrogens (primary N) is 1. The Balaban J connectivity index is 2.42. The van der Waals surface area contributed by atoms with Crippen LogP contribution in [0.15, 0.2) is 30.6 Å². The Hall–Kier alpha value is -1.84. The molecule has 0 fully saturated rings. The summed E-state index contributed by atoms with van der Waals surface area (Å²) in [7, 11) is 0. The van der Waals surface area contributed by atoms with Crippen molar-refractivity contribution in [2.24, 2.45) is 5.73 Å². The Morgan fingerprint density at radius 2 is 2.31 bits per heavy atom. The van der Waals surface area contributed by atoms with E-state index in [0.717, 1.165) is 11.1 Å². The van der Waals surface area contributed by atoms with Gasteiger partial charge in [0.05, 0.1) is 11.4 Å². The molecule has 2 aromatic rings. The molecular formula is C9H10N4. The molecule has 0 aliphatic heterocycles. The Kier molecular flexibility index (Phi) is 1.73. The van der Waals surface area contributed by atoms with Gasteiger partial charge in [0, 0.05) is 18.8 Å². The highest BCUT2D eigenvalue weighted by molar-refractivity contribution is 5.79. The highest BCUT2D eigenvalue weighted by Crippen LogP contribution is 2.05. The number of hydrogen-bond acceptors (Lipinski definition) is 2. The van der Waals surface area contributed by atoms with E-state index >= 15 is 0 Å². The molecule has 0 saturated heterocycles. The zero-order valence-corrected chi connectivity index (χ0v) is 7.07. The van der Waals surface area contributed by atoms with E-state index in [4.69, 9.17) is 11.1 Å². The fourth-order valence-corrected chi connectivity index (χ4v) is 1.28. The largest absolute Gasteiger partial charge is 0.387 e. The van der Waals surface area contributed by atoms with E-state index in [0.29, 0.717) is 6.42 Å². The molecule has 0 amide bonds. The summed E-state index contributed by atoms with van der Waals surface area (Å²) in [6, 6.07) is 5.85. The smallest absolute Gasteiger partial charge is 0.0950 e. The van der Waals surface area contributed by atoms with E-state index in [2.05, 4.69) is 5.10 Å². The van der Waals surface area contributed by atoms with Crippen molar-refractivity contribution in [3.63, 3.8) is 0 Å². The minimum absolute atomic E-state index is 0.173. The van der Waals surface area contributed by atoms with E-state index in [-0.39, 0.29) is 5.84 Å². The Morgan fingerprint density at radius 3 is 3.08 bits per heavy atom. The van der Waals surface area contributed by atoms with Crippen LogP contribution in [0.4, 0.5) is 0 Å². The standard InChI is InChI=1S/C9H10N4/c10-9(11)5-7-1-2-8-3-4-12-13(8)6-7/h1-4,6H,5H2,(H3,10,11). The van der Waals surface area contributed by atoms with Crippen LogP contribution in [0, 0.1) is 5.41 Å². The lowest BCUT2D eigenvalue weighted by Crippen LogP contribution is -2.12. The molecule has 0 bridgehead atoms. The van der Waals surface area contributed by atoms with Gasteiger partial charge in [0.15, 0.2) is 0 Å². The maximum absolute atomic E-state index is 7.15. The third-order valence-electron chi connectivity index (χ3n) is 1.85. The minimum Gasteiger partial charge on any atom is -0.387 e. The van der Waals surface area contributed by atoms with Crippen LogP contribution in [-0.4, -0.2) is 15.4 Å². The minimum atomic E-state index is 0.173. The number of amidine groups is 1. The van der Waals surface area contributed by atoms with E-state index < -0.39 is 0 Å². The summed E-state index contributed by atoms with van der Waals surface area (Å²) < 4.78 is 1.78. The van der Waals surface area contributed by atoms with Gasteiger partial charge in [-0.2, -0.15) is 5.10 Å². The van der Waals surface area contributed by atoms with Crippen LogP contribution in [0.2, 0.25) is 0 Å². The number of nitrogens with one attached hydrogen (secondary N) is 1. The summed E-state index contributed by atoms with van der Waals surface area (Å²) >= 11 is 0. The number of aromatic nitrogens is 2. The van der Waals surface area contributed by atoms with Crippen LogP contribution in [0.5, 0.6) is 0 Å². The lowest BCUT2D eigenvalue weighted by molar-refractivity contribution is 0.946. The molecule has 66 valence electrons. The van der Waals surface area contributed by atoms with Crippen molar-refractivity contribution in [3.05, 3.63) is 36.2 Å². The fourth-order valence-electron chi connectivity index (χ4n) is 1.28. The Bertz CT molecular complexity index is 444. The van der Waals surface area contributed by atoms with E-state index in [1.54, 1.807) is 10.7 Å². The molecule has 4 heteroatoms. The summed E-state index contributed by atoms with van der Waals surface area (Å²) in [5.74, 6) is 0.173. The van der Waals surface area contributed by atoms with Gasteiger partial charge in [-0.1, -0.05) is 6.07 Å². The van der Waals surface area contributed by atoms with Crippen LogP contribution < -0.4 is 5.73 Å². The van der Waals surface area contributed by atoms with Crippen LogP contribution in [0.1, 0.15) is 5.56 Å². The fraction of sp³-hybridized carbons (Fsp3) is 0.111. The molecule has 2 heterocycles. The van der Waals surface area contributed by atoms with E-state index in [1.165, 1.54) is 0 Å². The maximum Gasteiger partial charge on any atom is 0.0950 e. The molecular weight excluding hydrogens is 164 g/mol. The van der Waals surface area contributed by atoms with Gasteiger partial charge >= 0.3 is 0 Å². The summed E-state index contributed by atoms with van der Waals surface area (Å²) in [6.45, 7) is 0. The molecule has 0 aliphatic rings. The molecule has 0 saturated carbocycles. The van der Waals surface area contributed by atoms with Crippen LogP contribution in [0.3, 0.4) is 0 Å². The van der Waals surface area contributed by atoms with Crippen molar-refractivity contribution in [1.82, 2.24) is 9.61 Å². The van der Waals surface area contributed by atoms with E-state index in [9.17, 15) is 0 Å². The molecule has 0 spiro atoms. The third kappa shape index (κ3) is 1.51. The number of fused-ring (bicyclic) bond motifs is 1. The second-order valence-corrected chi connectivity index (χ2v) is 2.94. The average Bonchev–Trinajstić information content (AvgIpc) is 2.49. The first-order valence-electron chi connectivity index (χ1n) is 4.01. The van der Waals surface area contributed by atoms with Crippen LogP contribution >= 0.6 is 0 Å². The second-order valence-electron chi connectivity index (χ2n) is 2.94. The quantitative estimate of drug-likeness (QED) is 0.522. The van der Waals surface area contributed by atoms with Crippen molar-refractivity contribution in [3.8, 4) is 0 Å². The predicted molar refractivity (Wildman–Crippen MR) is 50.8 cm³/mol. The molecule has 0 unspecified atom stereocenters. The molecule has 3 N–H and O–H groups in total. The van der Waals surface area contributed by atoms with Gasteiger partial charge in [-0.25, -0.2) is 4.52 Å². The topological polar surface area (TPSA) is 67.2 Å². The number of nitrogens with zero attached hydrogens (tertiary/aromatic N) is 2. The van der Waals surface area contributed by atoms with Gasteiger partial charge < -0.3 is 5.73 Å². The first kappa shape index (κ1) is 7.79. The van der Waals surface area contributed by atoms with Crippen molar-refractivity contribution in [1.29, 1.82) is 5.41 Å². The Labute approximate surface area is 75.5 Å². The molecule has 0 atom stereocenters. The molecule has 13 heavy (non-hydrogen) atoms. The molecule has 0 aliphatic carbocycles. The lowest BCUT2D eigenvalue weighted by Gasteiger charge is -1.99. The maximum atomic E-state index is 7.15. The monoisotopic (exact) mass is 174 g/mol. The van der Waals surface area contributed by atoms with E-state index in [1.807, 2.05) is 24.4 Å². The third-order valence-corrected chi connectivity index (χ3v) is 1.85. The first-order valence-corrected chi connectivity index (χ1v) is 4.01. The summed E-state index contributed by atoms with van der Waals surface area (Å²) in [6.07, 6.45) is 4.11. The van der Waals surface area contributed by atoms with Gasteiger partial charge in [-0.15, -0.1) is 0 Å². The summed E-state index contributed by atoms with van der Waals surface area (Å²) in [4.78, 5) is 0. The highest BCUT2D eigenvalue weighted by atomic mass is 15.2. The molecule has 4 nitrogen and oxygen atoms in total. The second kappa shape index (κ2) is 2.90. The molecule has 2 aromatic heterocycles. The summed E-state index contributed by atoms with van der Waals surface area (Å²) in [5, 5.41) is 11.2. The normalized spacial score (nSPS) is 10.5.